The average molecular weight is 376 g/mol. The van der Waals surface area contributed by atoms with Crippen molar-refractivity contribution in [3.05, 3.63) is 39.5 Å². The Labute approximate surface area is 157 Å². The zero-order chi connectivity index (χ0) is 20.3. The molecule has 0 aromatic carbocycles. The Bertz CT molecular complexity index is 875. The molecule has 0 unspecified atom stereocenters. The van der Waals surface area contributed by atoms with Crippen LogP contribution < -0.4 is 0 Å². The first-order chi connectivity index (χ1) is 12.7. The van der Waals surface area contributed by atoms with Crippen molar-refractivity contribution in [2.45, 2.75) is 47.5 Å². The van der Waals surface area contributed by atoms with Gasteiger partial charge >= 0.3 is 11.9 Å². The molecule has 146 valence electrons. The van der Waals surface area contributed by atoms with E-state index in [9.17, 15) is 14.4 Å². The van der Waals surface area contributed by atoms with Crippen molar-refractivity contribution in [1.82, 2.24) is 10.1 Å². The number of aromatic amines is 1. The predicted octanol–water partition coefficient (Wildman–Crippen LogP) is 3.27. The average Bonchev–Trinajstić information content (AvgIpc) is 3.12. The van der Waals surface area contributed by atoms with E-state index in [1.165, 1.54) is 0 Å². The van der Waals surface area contributed by atoms with E-state index in [4.69, 9.17) is 14.0 Å². The Morgan fingerprint density at radius 1 is 1.07 bits per heavy atom. The maximum atomic E-state index is 12.5. The second kappa shape index (κ2) is 8.20. The molecule has 0 amide bonds. The highest BCUT2D eigenvalue weighted by atomic mass is 16.5. The standard InChI is InChI=1S/C19H24N2O6/c1-7-25-18(23)14-10(4)16(20-11(14)5)13(22)8-26-19(24)15-12(6)21-27-17(15)9(2)3/h9,20H,7-8H2,1-6H3. The minimum absolute atomic E-state index is 0.0510. The number of H-pyrrole nitrogens is 1. The number of aromatic nitrogens is 2. The number of esters is 2. The van der Waals surface area contributed by atoms with E-state index in [1.807, 2.05) is 13.8 Å². The summed E-state index contributed by atoms with van der Waals surface area (Å²) in [5.74, 6) is -1.25. The van der Waals surface area contributed by atoms with Crippen LogP contribution in [0.15, 0.2) is 4.52 Å². The van der Waals surface area contributed by atoms with Gasteiger partial charge in [-0.1, -0.05) is 19.0 Å². The molecular formula is C19H24N2O6. The molecule has 0 aliphatic carbocycles. The van der Waals surface area contributed by atoms with Crippen LogP contribution in [0.2, 0.25) is 0 Å². The molecule has 0 aliphatic heterocycles. The van der Waals surface area contributed by atoms with Crippen molar-refractivity contribution in [2.75, 3.05) is 13.2 Å². The summed E-state index contributed by atoms with van der Waals surface area (Å²) in [5.41, 5.74) is 2.18. The van der Waals surface area contributed by atoms with Gasteiger partial charge in [-0.2, -0.15) is 0 Å². The van der Waals surface area contributed by atoms with Crippen LogP contribution in [0.5, 0.6) is 0 Å². The van der Waals surface area contributed by atoms with Gasteiger partial charge in [0.2, 0.25) is 5.78 Å². The highest BCUT2D eigenvalue weighted by molar-refractivity contribution is 6.03. The minimum Gasteiger partial charge on any atom is -0.462 e. The van der Waals surface area contributed by atoms with Crippen molar-refractivity contribution in [3.63, 3.8) is 0 Å². The Hall–Kier alpha value is -2.90. The number of nitrogens with one attached hydrogen (secondary N) is 1. The lowest BCUT2D eigenvalue weighted by Gasteiger charge is -2.06. The number of rotatable bonds is 7. The molecule has 2 rings (SSSR count). The smallest absolute Gasteiger partial charge is 0.344 e. The molecule has 2 aromatic heterocycles. The van der Waals surface area contributed by atoms with Gasteiger partial charge < -0.3 is 19.0 Å². The van der Waals surface area contributed by atoms with Crippen LogP contribution in [-0.2, 0) is 9.47 Å². The second-order valence-corrected chi connectivity index (χ2v) is 6.51. The number of carbonyl (C=O) groups is 3. The summed E-state index contributed by atoms with van der Waals surface area (Å²) in [5, 5.41) is 3.79. The first-order valence-corrected chi connectivity index (χ1v) is 8.71. The molecule has 8 heteroatoms. The van der Waals surface area contributed by atoms with Gasteiger partial charge in [-0.05, 0) is 33.3 Å². The first kappa shape index (κ1) is 20.4. The van der Waals surface area contributed by atoms with Crippen molar-refractivity contribution >= 4 is 17.7 Å². The number of ketones is 1. The monoisotopic (exact) mass is 376 g/mol. The zero-order valence-electron chi connectivity index (χ0n) is 16.4. The summed E-state index contributed by atoms with van der Waals surface area (Å²) in [6, 6.07) is 0. The van der Waals surface area contributed by atoms with Crippen LogP contribution in [0.3, 0.4) is 0 Å². The number of hydrogen-bond acceptors (Lipinski definition) is 7. The molecule has 0 atom stereocenters. The zero-order valence-corrected chi connectivity index (χ0v) is 16.4. The van der Waals surface area contributed by atoms with Crippen LogP contribution in [0.1, 0.15) is 80.6 Å². The number of hydrogen-bond donors (Lipinski definition) is 1. The van der Waals surface area contributed by atoms with E-state index in [-0.39, 0.29) is 23.8 Å². The van der Waals surface area contributed by atoms with E-state index in [0.717, 1.165) is 0 Å². The summed E-state index contributed by atoms with van der Waals surface area (Å²) in [6.45, 7) is 10.2. The number of carbonyl (C=O) groups excluding carboxylic acids is 3. The maximum absolute atomic E-state index is 12.5. The van der Waals surface area contributed by atoms with Gasteiger partial charge in [0.1, 0.15) is 5.56 Å². The van der Waals surface area contributed by atoms with Crippen molar-refractivity contribution in [3.8, 4) is 0 Å². The fraction of sp³-hybridized carbons (Fsp3) is 0.474. The van der Waals surface area contributed by atoms with Crippen LogP contribution >= 0.6 is 0 Å². The number of nitrogens with zero attached hydrogens (tertiary/aromatic N) is 1. The van der Waals surface area contributed by atoms with Gasteiger partial charge in [-0.3, -0.25) is 4.79 Å². The summed E-state index contributed by atoms with van der Waals surface area (Å²) >= 11 is 0. The third-order valence-electron chi connectivity index (χ3n) is 4.15. The number of Topliss-reactive ketones (excluding diaryl/α,β-unsaturated/α-hetero) is 1. The normalized spacial score (nSPS) is 10.9. The molecule has 0 fully saturated rings. The van der Waals surface area contributed by atoms with Gasteiger partial charge in [0.25, 0.3) is 0 Å². The molecule has 0 aliphatic rings. The summed E-state index contributed by atoms with van der Waals surface area (Å²) < 4.78 is 15.3. The van der Waals surface area contributed by atoms with Gasteiger partial charge in [-0.25, -0.2) is 9.59 Å². The van der Waals surface area contributed by atoms with Crippen LogP contribution in [0.4, 0.5) is 0 Å². The van der Waals surface area contributed by atoms with Gasteiger partial charge in [0.15, 0.2) is 12.4 Å². The molecule has 1 N–H and O–H groups in total. The van der Waals surface area contributed by atoms with Gasteiger partial charge in [0.05, 0.1) is 23.6 Å². The largest absolute Gasteiger partial charge is 0.462 e. The number of ether oxygens (including phenoxy) is 2. The molecule has 2 heterocycles. The van der Waals surface area contributed by atoms with Crippen molar-refractivity contribution in [2.24, 2.45) is 0 Å². The molecule has 27 heavy (non-hydrogen) atoms. The van der Waals surface area contributed by atoms with E-state index in [2.05, 4.69) is 10.1 Å². The fourth-order valence-corrected chi connectivity index (χ4v) is 2.84. The molecule has 8 nitrogen and oxygen atoms in total. The fourth-order valence-electron chi connectivity index (χ4n) is 2.84. The number of aryl methyl sites for hydroxylation is 2. The molecule has 2 aromatic rings. The van der Waals surface area contributed by atoms with Crippen LogP contribution in [0.25, 0.3) is 0 Å². The van der Waals surface area contributed by atoms with Gasteiger partial charge in [-0.15, -0.1) is 0 Å². The van der Waals surface area contributed by atoms with Gasteiger partial charge in [0, 0.05) is 11.6 Å². The summed E-state index contributed by atoms with van der Waals surface area (Å²) in [4.78, 5) is 39.8. The molecule has 0 saturated heterocycles. The predicted molar refractivity (Wildman–Crippen MR) is 96.2 cm³/mol. The first-order valence-electron chi connectivity index (χ1n) is 8.71. The summed E-state index contributed by atoms with van der Waals surface area (Å²) in [6.07, 6.45) is 0. The molecule has 0 spiro atoms. The Morgan fingerprint density at radius 3 is 2.30 bits per heavy atom. The van der Waals surface area contributed by atoms with Crippen LogP contribution in [-0.4, -0.2) is 41.1 Å². The second-order valence-electron chi connectivity index (χ2n) is 6.51. The maximum Gasteiger partial charge on any atom is 0.344 e. The van der Waals surface area contributed by atoms with E-state index < -0.39 is 24.3 Å². The third kappa shape index (κ3) is 4.10. The molecular weight excluding hydrogens is 352 g/mol. The van der Waals surface area contributed by atoms with Crippen molar-refractivity contribution in [1.29, 1.82) is 0 Å². The SMILES string of the molecule is CCOC(=O)c1c(C)[nH]c(C(=O)COC(=O)c2c(C)noc2C(C)C)c1C. The lowest BCUT2D eigenvalue weighted by Crippen LogP contribution is -2.17. The highest BCUT2D eigenvalue weighted by Crippen LogP contribution is 2.23. The Balaban J connectivity index is 2.15. The topological polar surface area (TPSA) is 111 Å². The highest BCUT2D eigenvalue weighted by Gasteiger charge is 2.26. The molecule has 0 radical (unpaired) electrons. The molecule has 0 bridgehead atoms. The van der Waals surface area contributed by atoms with Crippen LogP contribution in [0, 0.1) is 20.8 Å². The Morgan fingerprint density at radius 2 is 1.70 bits per heavy atom. The Kier molecular flexibility index (Phi) is 6.20. The summed E-state index contributed by atoms with van der Waals surface area (Å²) in [7, 11) is 0. The lowest BCUT2D eigenvalue weighted by atomic mass is 10.1. The van der Waals surface area contributed by atoms with E-state index in [1.54, 1.807) is 27.7 Å². The van der Waals surface area contributed by atoms with Crippen molar-refractivity contribution < 1.29 is 28.4 Å². The lowest BCUT2D eigenvalue weighted by molar-refractivity contribution is 0.0468. The van der Waals surface area contributed by atoms with E-state index in [0.29, 0.717) is 28.3 Å². The minimum atomic E-state index is -0.669. The molecule has 0 saturated carbocycles. The van der Waals surface area contributed by atoms with E-state index >= 15 is 0 Å². The third-order valence-corrected chi connectivity index (χ3v) is 4.15. The quantitative estimate of drug-likeness (QED) is 0.583.